The Morgan fingerprint density at radius 2 is 2.21 bits per heavy atom. The first kappa shape index (κ1) is 10.7. The third kappa shape index (κ3) is 1.91. The van der Waals surface area contributed by atoms with Crippen LogP contribution in [0.25, 0.3) is 0 Å². The van der Waals surface area contributed by atoms with E-state index in [1.165, 1.54) is 12.1 Å². The van der Waals surface area contributed by atoms with E-state index in [1.54, 1.807) is 12.1 Å². The molecule has 1 atom stereocenters. The molecule has 1 aromatic rings. The molecule has 1 rings (SSSR count). The lowest BCUT2D eigenvalue weighted by molar-refractivity contribution is 0.472. The van der Waals surface area contributed by atoms with Crippen LogP contribution in [0.2, 0.25) is 0 Å². The minimum Gasteiger partial charge on any atom is -0.322 e. The van der Waals surface area contributed by atoms with Crippen molar-refractivity contribution in [1.29, 1.82) is 5.26 Å². The Bertz CT molecular complexity index is 377. The van der Waals surface area contributed by atoms with Crippen molar-refractivity contribution in [2.75, 3.05) is 0 Å². The number of nitrogens with zero attached hydrogens (tertiary/aromatic N) is 1. The van der Waals surface area contributed by atoms with Crippen LogP contribution in [0, 0.1) is 17.1 Å². The van der Waals surface area contributed by atoms with Crippen LogP contribution < -0.4 is 5.73 Å². The van der Waals surface area contributed by atoms with Crippen molar-refractivity contribution in [3.05, 3.63) is 35.1 Å². The van der Waals surface area contributed by atoms with E-state index in [4.69, 9.17) is 11.0 Å². The zero-order valence-corrected chi connectivity index (χ0v) is 8.34. The predicted molar refractivity (Wildman–Crippen MR) is 52.9 cm³/mol. The number of halogens is 1. The second-order valence-corrected chi connectivity index (χ2v) is 3.58. The fourth-order valence-electron chi connectivity index (χ4n) is 1.17. The van der Waals surface area contributed by atoms with Crippen molar-refractivity contribution >= 4 is 0 Å². The van der Waals surface area contributed by atoms with Gasteiger partial charge in [-0.25, -0.2) is 4.39 Å². The molecule has 0 saturated heterocycles. The molecule has 0 aromatic heterocycles. The second kappa shape index (κ2) is 3.77. The summed E-state index contributed by atoms with van der Waals surface area (Å²) in [6.07, 6.45) is 0.721. The van der Waals surface area contributed by atoms with Gasteiger partial charge in [-0.3, -0.25) is 0 Å². The maximum atomic E-state index is 13.2. The van der Waals surface area contributed by atoms with E-state index in [0.717, 1.165) is 12.0 Å². The lowest BCUT2D eigenvalue weighted by atomic mass is 9.90. The van der Waals surface area contributed by atoms with Gasteiger partial charge in [-0.05, 0) is 31.0 Å². The molecule has 0 aliphatic carbocycles. The molecule has 0 aliphatic heterocycles. The van der Waals surface area contributed by atoms with Crippen LogP contribution in [0.4, 0.5) is 4.39 Å². The Kier molecular flexibility index (Phi) is 2.87. The van der Waals surface area contributed by atoms with Crippen LogP contribution in [0.5, 0.6) is 0 Å². The molecular formula is C11H13FN2. The van der Waals surface area contributed by atoms with Crippen molar-refractivity contribution < 1.29 is 4.39 Å². The molecule has 0 saturated carbocycles. The summed E-state index contributed by atoms with van der Waals surface area (Å²) >= 11 is 0. The molecule has 0 fully saturated rings. The van der Waals surface area contributed by atoms with Crippen LogP contribution in [0.3, 0.4) is 0 Å². The number of hydrogen-bond acceptors (Lipinski definition) is 2. The largest absolute Gasteiger partial charge is 0.322 e. The van der Waals surface area contributed by atoms with Gasteiger partial charge in [0.1, 0.15) is 11.9 Å². The van der Waals surface area contributed by atoms with Gasteiger partial charge in [0.25, 0.3) is 0 Å². The zero-order chi connectivity index (χ0) is 10.8. The highest BCUT2D eigenvalue weighted by molar-refractivity contribution is 5.35. The van der Waals surface area contributed by atoms with Gasteiger partial charge in [0.2, 0.25) is 0 Å². The lowest BCUT2D eigenvalue weighted by Crippen LogP contribution is -2.32. The smallest absolute Gasteiger partial charge is 0.141 e. The first-order valence-electron chi connectivity index (χ1n) is 4.50. The van der Waals surface area contributed by atoms with Gasteiger partial charge in [-0.15, -0.1) is 0 Å². The van der Waals surface area contributed by atoms with E-state index in [9.17, 15) is 4.39 Å². The molecular weight excluding hydrogens is 179 g/mol. The normalized spacial score (nSPS) is 14.5. The fourth-order valence-corrected chi connectivity index (χ4v) is 1.17. The van der Waals surface area contributed by atoms with E-state index in [0.29, 0.717) is 0 Å². The van der Waals surface area contributed by atoms with Crippen molar-refractivity contribution in [2.24, 2.45) is 5.73 Å². The lowest BCUT2D eigenvalue weighted by Gasteiger charge is -2.23. The Balaban J connectivity index is 3.17. The van der Waals surface area contributed by atoms with Crippen molar-refractivity contribution in [1.82, 2.24) is 0 Å². The summed E-state index contributed by atoms with van der Waals surface area (Å²) in [4.78, 5) is 0. The summed E-state index contributed by atoms with van der Waals surface area (Å²) in [5.74, 6) is -0.505. The molecule has 3 heteroatoms. The maximum Gasteiger partial charge on any atom is 0.141 e. The number of nitriles is 1. The highest BCUT2D eigenvalue weighted by Gasteiger charge is 2.19. The van der Waals surface area contributed by atoms with Crippen molar-refractivity contribution in [3.63, 3.8) is 0 Å². The summed E-state index contributed by atoms with van der Waals surface area (Å²) in [5.41, 5.74) is 6.19. The van der Waals surface area contributed by atoms with E-state index in [-0.39, 0.29) is 5.56 Å². The molecule has 1 aromatic carbocycles. The average Bonchev–Trinajstić information content (AvgIpc) is 2.17. The fraction of sp³-hybridized carbons (Fsp3) is 0.364. The molecule has 0 spiro atoms. The molecule has 2 N–H and O–H groups in total. The summed E-state index contributed by atoms with van der Waals surface area (Å²) in [6.45, 7) is 3.78. The molecule has 2 nitrogen and oxygen atoms in total. The highest BCUT2D eigenvalue weighted by atomic mass is 19.1. The van der Waals surface area contributed by atoms with Gasteiger partial charge in [0, 0.05) is 5.54 Å². The number of benzene rings is 1. The standard InChI is InChI=1S/C11H13FN2/c1-3-11(2,14)9-5-4-8(7-13)10(12)6-9/h4-6H,3,14H2,1-2H3. The van der Waals surface area contributed by atoms with Crippen LogP contribution in [-0.2, 0) is 5.54 Å². The topological polar surface area (TPSA) is 49.8 Å². The molecule has 0 aliphatic rings. The average molecular weight is 192 g/mol. The summed E-state index contributed by atoms with van der Waals surface area (Å²) < 4.78 is 13.2. The predicted octanol–water partition coefficient (Wildman–Crippen LogP) is 2.28. The van der Waals surface area contributed by atoms with Crippen molar-refractivity contribution in [2.45, 2.75) is 25.8 Å². The van der Waals surface area contributed by atoms with Gasteiger partial charge < -0.3 is 5.73 Å². The van der Waals surface area contributed by atoms with Gasteiger partial charge in [-0.1, -0.05) is 13.0 Å². The third-order valence-electron chi connectivity index (χ3n) is 2.48. The molecule has 0 bridgehead atoms. The zero-order valence-electron chi connectivity index (χ0n) is 8.34. The maximum absolute atomic E-state index is 13.2. The number of rotatable bonds is 2. The van der Waals surface area contributed by atoms with Crippen LogP contribution in [0.1, 0.15) is 31.4 Å². The Morgan fingerprint density at radius 1 is 1.57 bits per heavy atom. The van der Waals surface area contributed by atoms with E-state index in [2.05, 4.69) is 0 Å². The van der Waals surface area contributed by atoms with Crippen LogP contribution >= 0.6 is 0 Å². The quantitative estimate of drug-likeness (QED) is 0.781. The Morgan fingerprint density at radius 3 is 2.64 bits per heavy atom. The summed E-state index contributed by atoms with van der Waals surface area (Å²) in [6, 6.07) is 6.27. The Hall–Kier alpha value is -1.40. The van der Waals surface area contributed by atoms with Gasteiger partial charge >= 0.3 is 0 Å². The molecule has 1 unspecified atom stereocenters. The van der Waals surface area contributed by atoms with Gasteiger partial charge in [-0.2, -0.15) is 5.26 Å². The minimum absolute atomic E-state index is 0.0562. The summed E-state index contributed by atoms with van der Waals surface area (Å²) in [7, 11) is 0. The molecule has 74 valence electrons. The molecule has 0 radical (unpaired) electrons. The van der Waals surface area contributed by atoms with Crippen LogP contribution in [-0.4, -0.2) is 0 Å². The van der Waals surface area contributed by atoms with E-state index in [1.807, 2.05) is 13.8 Å². The number of nitrogens with two attached hydrogens (primary N) is 1. The summed E-state index contributed by atoms with van der Waals surface area (Å²) in [5, 5.41) is 8.55. The molecule has 0 heterocycles. The third-order valence-corrected chi connectivity index (χ3v) is 2.48. The van der Waals surface area contributed by atoms with Crippen molar-refractivity contribution in [3.8, 4) is 6.07 Å². The van der Waals surface area contributed by atoms with E-state index >= 15 is 0 Å². The molecule has 0 amide bonds. The SMILES string of the molecule is CCC(C)(N)c1ccc(C#N)c(F)c1. The highest BCUT2D eigenvalue weighted by Crippen LogP contribution is 2.22. The molecule has 14 heavy (non-hydrogen) atoms. The van der Waals surface area contributed by atoms with Crippen LogP contribution in [0.15, 0.2) is 18.2 Å². The first-order valence-corrected chi connectivity index (χ1v) is 4.50. The number of hydrogen-bond donors (Lipinski definition) is 1. The first-order chi connectivity index (χ1) is 6.51. The van der Waals surface area contributed by atoms with Gasteiger partial charge in [0.15, 0.2) is 0 Å². The monoisotopic (exact) mass is 192 g/mol. The Labute approximate surface area is 83.2 Å². The minimum atomic E-state index is -0.533. The second-order valence-electron chi connectivity index (χ2n) is 3.58. The van der Waals surface area contributed by atoms with Gasteiger partial charge in [0.05, 0.1) is 5.56 Å². The van der Waals surface area contributed by atoms with E-state index < -0.39 is 11.4 Å².